The molecular formula is C16H12N2O. The average Bonchev–Trinajstić information content (AvgIpc) is 2.49. The number of rotatable bonds is 2. The maximum Gasteiger partial charge on any atom is 0.124 e. The zero-order valence-corrected chi connectivity index (χ0v) is 10.2. The van der Waals surface area contributed by atoms with E-state index in [0.717, 1.165) is 22.5 Å². The Bertz CT molecular complexity index is 696. The molecule has 0 aliphatic carbocycles. The minimum atomic E-state index is 0.235. The SMILES string of the molecule is Oc1ccccc1-c1cccc(-c2cccnc2)n1. The van der Waals surface area contributed by atoms with Gasteiger partial charge in [-0.25, -0.2) is 4.98 Å². The van der Waals surface area contributed by atoms with E-state index < -0.39 is 0 Å². The summed E-state index contributed by atoms with van der Waals surface area (Å²) in [4.78, 5) is 8.67. The van der Waals surface area contributed by atoms with Gasteiger partial charge in [-0.15, -0.1) is 0 Å². The topological polar surface area (TPSA) is 46.0 Å². The van der Waals surface area contributed by atoms with Crippen LogP contribution in [0.25, 0.3) is 22.5 Å². The van der Waals surface area contributed by atoms with E-state index in [4.69, 9.17) is 0 Å². The summed E-state index contributed by atoms with van der Waals surface area (Å²) in [5.41, 5.74) is 3.28. The van der Waals surface area contributed by atoms with Crippen molar-refractivity contribution in [3.63, 3.8) is 0 Å². The molecule has 3 heteroatoms. The Morgan fingerprint density at radius 1 is 0.789 bits per heavy atom. The third-order valence-corrected chi connectivity index (χ3v) is 2.89. The lowest BCUT2D eigenvalue weighted by atomic mass is 10.1. The predicted molar refractivity (Wildman–Crippen MR) is 74.6 cm³/mol. The van der Waals surface area contributed by atoms with Crippen LogP contribution in [0.1, 0.15) is 0 Å². The summed E-state index contributed by atoms with van der Waals surface area (Å²) in [6.45, 7) is 0. The highest BCUT2D eigenvalue weighted by Crippen LogP contribution is 2.28. The summed E-state index contributed by atoms with van der Waals surface area (Å²) < 4.78 is 0. The Morgan fingerprint density at radius 3 is 2.42 bits per heavy atom. The van der Waals surface area contributed by atoms with Crippen molar-refractivity contribution in [1.29, 1.82) is 0 Å². The van der Waals surface area contributed by atoms with E-state index in [-0.39, 0.29) is 5.75 Å². The molecule has 0 radical (unpaired) electrons. The van der Waals surface area contributed by atoms with Crippen molar-refractivity contribution in [2.75, 3.05) is 0 Å². The Morgan fingerprint density at radius 2 is 1.63 bits per heavy atom. The summed E-state index contributed by atoms with van der Waals surface area (Å²) in [6.07, 6.45) is 3.51. The Kier molecular flexibility index (Phi) is 2.94. The number of aromatic hydroxyl groups is 1. The molecule has 1 N–H and O–H groups in total. The molecule has 0 fully saturated rings. The van der Waals surface area contributed by atoms with Crippen molar-refractivity contribution in [3.05, 3.63) is 67.0 Å². The molecule has 0 amide bonds. The van der Waals surface area contributed by atoms with E-state index in [9.17, 15) is 5.11 Å². The molecule has 19 heavy (non-hydrogen) atoms. The van der Waals surface area contributed by atoms with Crippen molar-refractivity contribution in [3.8, 4) is 28.3 Å². The first kappa shape index (κ1) is 11.4. The summed E-state index contributed by atoms with van der Waals surface area (Å²) in [5.74, 6) is 0.235. The quantitative estimate of drug-likeness (QED) is 0.754. The smallest absolute Gasteiger partial charge is 0.124 e. The van der Waals surface area contributed by atoms with Gasteiger partial charge in [0.2, 0.25) is 0 Å². The van der Waals surface area contributed by atoms with E-state index in [2.05, 4.69) is 9.97 Å². The van der Waals surface area contributed by atoms with Gasteiger partial charge >= 0.3 is 0 Å². The number of phenols is 1. The molecule has 3 aromatic rings. The fourth-order valence-corrected chi connectivity index (χ4v) is 1.95. The van der Waals surface area contributed by atoms with Crippen molar-refractivity contribution >= 4 is 0 Å². The molecule has 3 nitrogen and oxygen atoms in total. The number of pyridine rings is 2. The normalized spacial score (nSPS) is 10.3. The van der Waals surface area contributed by atoms with Gasteiger partial charge in [0.25, 0.3) is 0 Å². The Hall–Kier alpha value is -2.68. The molecule has 0 atom stereocenters. The van der Waals surface area contributed by atoms with Crippen molar-refractivity contribution < 1.29 is 5.11 Å². The molecule has 0 spiro atoms. The van der Waals surface area contributed by atoms with E-state index >= 15 is 0 Å². The molecule has 0 aliphatic rings. The van der Waals surface area contributed by atoms with Crippen LogP contribution in [0, 0.1) is 0 Å². The van der Waals surface area contributed by atoms with E-state index in [1.807, 2.05) is 42.5 Å². The number of nitrogens with zero attached hydrogens (tertiary/aromatic N) is 2. The number of para-hydroxylation sites is 1. The van der Waals surface area contributed by atoms with Crippen LogP contribution in [0.3, 0.4) is 0 Å². The number of benzene rings is 1. The summed E-state index contributed by atoms with van der Waals surface area (Å²) in [5, 5.41) is 9.87. The van der Waals surface area contributed by atoms with E-state index in [1.165, 1.54) is 0 Å². The van der Waals surface area contributed by atoms with Crippen LogP contribution >= 0.6 is 0 Å². The van der Waals surface area contributed by atoms with Crippen LogP contribution in [0.5, 0.6) is 5.75 Å². The largest absolute Gasteiger partial charge is 0.507 e. The molecular weight excluding hydrogens is 236 g/mol. The zero-order chi connectivity index (χ0) is 13.1. The van der Waals surface area contributed by atoms with Crippen LogP contribution in [0.4, 0.5) is 0 Å². The highest BCUT2D eigenvalue weighted by Gasteiger charge is 2.06. The van der Waals surface area contributed by atoms with Gasteiger partial charge in [0.15, 0.2) is 0 Å². The van der Waals surface area contributed by atoms with Gasteiger partial charge < -0.3 is 5.11 Å². The molecule has 2 heterocycles. The third-order valence-electron chi connectivity index (χ3n) is 2.89. The second-order valence-electron chi connectivity index (χ2n) is 4.17. The third kappa shape index (κ3) is 2.31. The predicted octanol–water partition coefficient (Wildman–Crippen LogP) is 3.52. The van der Waals surface area contributed by atoms with Crippen LogP contribution in [0.2, 0.25) is 0 Å². The second-order valence-corrected chi connectivity index (χ2v) is 4.17. The van der Waals surface area contributed by atoms with Crippen molar-refractivity contribution in [2.24, 2.45) is 0 Å². The first-order chi connectivity index (χ1) is 9.34. The van der Waals surface area contributed by atoms with Crippen LogP contribution in [-0.4, -0.2) is 15.1 Å². The monoisotopic (exact) mass is 248 g/mol. The fourth-order valence-electron chi connectivity index (χ4n) is 1.95. The molecule has 3 rings (SSSR count). The first-order valence-corrected chi connectivity index (χ1v) is 6.00. The minimum Gasteiger partial charge on any atom is -0.507 e. The standard InChI is InChI=1S/C16H12N2O/c19-16-9-2-1-6-13(16)15-8-3-7-14(18-15)12-5-4-10-17-11-12/h1-11,19H. The molecule has 2 aromatic heterocycles. The lowest BCUT2D eigenvalue weighted by molar-refractivity contribution is 0.477. The maximum absolute atomic E-state index is 9.87. The summed E-state index contributed by atoms with van der Waals surface area (Å²) >= 11 is 0. The van der Waals surface area contributed by atoms with Crippen molar-refractivity contribution in [1.82, 2.24) is 9.97 Å². The molecule has 1 aromatic carbocycles. The van der Waals surface area contributed by atoms with Gasteiger partial charge in [-0.2, -0.15) is 0 Å². The molecule has 92 valence electrons. The molecule has 0 aliphatic heterocycles. The second kappa shape index (κ2) is 4.90. The van der Waals surface area contributed by atoms with E-state index in [1.54, 1.807) is 24.5 Å². The van der Waals surface area contributed by atoms with Crippen LogP contribution < -0.4 is 0 Å². The number of phenolic OH excluding ortho intramolecular Hbond substituents is 1. The molecule has 0 saturated heterocycles. The fraction of sp³-hybridized carbons (Fsp3) is 0. The first-order valence-electron chi connectivity index (χ1n) is 6.00. The van der Waals surface area contributed by atoms with Crippen LogP contribution in [0.15, 0.2) is 67.0 Å². The number of aromatic nitrogens is 2. The number of hydrogen-bond acceptors (Lipinski definition) is 3. The van der Waals surface area contributed by atoms with E-state index in [0.29, 0.717) is 0 Å². The van der Waals surface area contributed by atoms with Gasteiger partial charge in [0.05, 0.1) is 11.4 Å². The average molecular weight is 248 g/mol. The van der Waals surface area contributed by atoms with Crippen molar-refractivity contribution in [2.45, 2.75) is 0 Å². The van der Waals surface area contributed by atoms with Gasteiger partial charge in [0, 0.05) is 23.5 Å². The van der Waals surface area contributed by atoms with Gasteiger partial charge in [0.1, 0.15) is 5.75 Å². The Balaban J connectivity index is 2.09. The molecule has 0 unspecified atom stereocenters. The highest BCUT2D eigenvalue weighted by molar-refractivity contribution is 5.69. The lowest BCUT2D eigenvalue weighted by Gasteiger charge is -2.06. The minimum absolute atomic E-state index is 0.235. The highest BCUT2D eigenvalue weighted by atomic mass is 16.3. The molecule has 0 bridgehead atoms. The van der Waals surface area contributed by atoms with Gasteiger partial charge in [-0.3, -0.25) is 4.98 Å². The number of hydrogen-bond donors (Lipinski definition) is 1. The summed E-state index contributed by atoms with van der Waals surface area (Å²) in [6, 6.07) is 16.8. The molecule has 0 saturated carbocycles. The van der Waals surface area contributed by atoms with Gasteiger partial charge in [-0.05, 0) is 36.4 Å². The maximum atomic E-state index is 9.87. The lowest BCUT2D eigenvalue weighted by Crippen LogP contribution is -1.88. The van der Waals surface area contributed by atoms with Gasteiger partial charge in [-0.1, -0.05) is 18.2 Å². The Labute approximate surface area is 111 Å². The van der Waals surface area contributed by atoms with Crippen LogP contribution in [-0.2, 0) is 0 Å². The zero-order valence-electron chi connectivity index (χ0n) is 10.2. The summed E-state index contributed by atoms with van der Waals surface area (Å²) in [7, 11) is 0.